The van der Waals surface area contributed by atoms with Gasteiger partial charge in [0.1, 0.15) is 0 Å². The van der Waals surface area contributed by atoms with E-state index in [0.29, 0.717) is 65.2 Å². The van der Waals surface area contributed by atoms with Crippen LogP contribution < -0.4 is 5.32 Å². The number of carbonyl (C=O) groups is 2. The number of benzene rings is 2. The monoisotopic (exact) mass is 579 g/mol. The lowest BCUT2D eigenvalue weighted by atomic mass is 9.87. The van der Waals surface area contributed by atoms with Crippen LogP contribution in [0.1, 0.15) is 44.1 Å². The number of likely N-dealkylation sites (tertiary alicyclic amines) is 1. The number of hydrogen-bond acceptors (Lipinski definition) is 7. The number of aromatic nitrogens is 1. The number of fused-ring (bicyclic) bond motifs is 1. The highest BCUT2D eigenvalue weighted by molar-refractivity contribution is 7.22. The van der Waals surface area contributed by atoms with E-state index in [1.807, 2.05) is 12.1 Å². The van der Waals surface area contributed by atoms with Crippen LogP contribution in [-0.2, 0) is 20.7 Å². The van der Waals surface area contributed by atoms with Crippen molar-refractivity contribution < 1.29 is 23.8 Å². The van der Waals surface area contributed by atoms with Crippen molar-refractivity contribution in [1.82, 2.24) is 9.88 Å². The molecule has 2 fully saturated rings. The Hall–Kier alpha value is -2.30. The molecule has 0 amide bonds. The molecule has 202 valence electrons. The first kappa shape index (κ1) is 27.3. The quantitative estimate of drug-likeness (QED) is 0.268. The summed E-state index contributed by atoms with van der Waals surface area (Å²) in [7, 11) is 0. The number of carboxylic acids is 1. The van der Waals surface area contributed by atoms with Gasteiger partial charge in [0.25, 0.3) is 0 Å². The van der Waals surface area contributed by atoms with E-state index >= 15 is 4.39 Å². The predicted octanol–water partition coefficient (Wildman–Crippen LogP) is 6.84. The van der Waals surface area contributed by atoms with Gasteiger partial charge in [0.15, 0.2) is 5.13 Å². The van der Waals surface area contributed by atoms with Crippen molar-refractivity contribution in [1.29, 1.82) is 0 Å². The van der Waals surface area contributed by atoms with Gasteiger partial charge in [0, 0.05) is 24.5 Å². The Balaban J connectivity index is 1.28. The van der Waals surface area contributed by atoms with Gasteiger partial charge in [-0.3, -0.25) is 9.59 Å². The summed E-state index contributed by atoms with van der Waals surface area (Å²) < 4.78 is 23.2. The number of hydrogen-bond donors (Lipinski definition) is 2. The average Bonchev–Trinajstić information content (AvgIpc) is 3.56. The third kappa shape index (κ3) is 5.97. The van der Waals surface area contributed by atoms with Gasteiger partial charge in [-0.2, -0.15) is 4.39 Å². The van der Waals surface area contributed by atoms with E-state index in [9.17, 15) is 14.7 Å². The molecule has 38 heavy (non-hydrogen) atoms. The van der Waals surface area contributed by atoms with Crippen LogP contribution >= 0.6 is 34.5 Å². The maximum absolute atomic E-state index is 16.4. The summed E-state index contributed by atoms with van der Waals surface area (Å²) in [6.45, 7) is 0.868. The number of aliphatic carboxylic acids is 1. The summed E-state index contributed by atoms with van der Waals surface area (Å²) in [5, 5.41) is 14.1. The number of carboxylic acid groups (broad SMARTS) is 1. The van der Waals surface area contributed by atoms with E-state index in [1.54, 1.807) is 24.3 Å². The molecular weight excluding hydrogens is 552 g/mol. The topological polar surface area (TPSA) is 91.8 Å². The summed E-state index contributed by atoms with van der Waals surface area (Å²) >= 11 is 14.0. The summed E-state index contributed by atoms with van der Waals surface area (Å²) in [6, 6.07) is 10.6. The Morgan fingerprint density at radius 2 is 1.87 bits per heavy atom. The van der Waals surface area contributed by atoms with Crippen molar-refractivity contribution in [2.24, 2.45) is 5.92 Å². The van der Waals surface area contributed by atoms with Gasteiger partial charge in [-0.15, -0.1) is 0 Å². The molecule has 1 aliphatic heterocycles. The van der Waals surface area contributed by atoms with Crippen molar-refractivity contribution in [3.63, 3.8) is 0 Å². The molecule has 2 heterocycles. The zero-order chi connectivity index (χ0) is 26.9. The lowest BCUT2D eigenvalue weighted by Crippen LogP contribution is -2.54. The van der Waals surface area contributed by atoms with Crippen LogP contribution in [0.2, 0.25) is 10.0 Å². The van der Waals surface area contributed by atoms with Crippen molar-refractivity contribution in [3.05, 3.63) is 52.0 Å². The highest BCUT2D eigenvalue weighted by atomic mass is 35.5. The highest BCUT2D eigenvalue weighted by Crippen LogP contribution is 2.36. The van der Waals surface area contributed by atoms with E-state index < -0.39 is 29.8 Å². The lowest BCUT2D eigenvalue weighted by molar-refractivity contribution is -0.252. The fraction of sp³-hybridized carbons (Fsp3) is 0.444. The van der Waals surface area contributed by atoms with E-state index in [0.717, 1.165) is 23.1 Å². The number of alkyl halides is 1. The van der Waals surface area contributed by atoms with Gasteiger partial charge in [-0.1, -0.05) is 40.6 Å². The Kier molecular flexibility index (Phi) is 8.21. The van der Waals surface area contributed by atoms with Crippen LogP contribution in [0, 0.1) is 5.92 Å². The second-order valence-electron chi connectivity index (χ2n) is 9.86. The van der Waals surface area contributed by atoms with E-state index in [2.05, 4.69) is 10.3 Å². The second-order valence-corrected chi connectivity index (χ2v) is 11.7. The van der Waals surface area contributed by atoms with Gasteiger partial charge in [0.05, 0.1) is 32.9 Å². The van der Waals surface area contributed by atoms with Crippen LogP contribution in [0.25, 0.3) is 10.2 Å². The van der Waals surface area contributed by atoms with Crippen LogP contribution in [0.4, 0.5) is 15.2 Å². The van der Waals surface area contributed by atoms with Crippen molar-refractivity contribution in [3.8, 4) is 0 Å². The minimum Gasteiger partial charge on any atom is -0.481 e. The Morgan fingerprint density at radius 1 is 1.13 bits per heavy atom. The lowest BCUT2D eigenvalue weighted by Gasteiger charge is -2.37. The number of anilines is 2. The number of ether oxygens (including phenoxy) is 1. The predicted molar refractivity (Wildman–Crippen MR) is 147 cm³/mol. The summed E-state index contributed by atoms with van der Waals surface area (Å²) in [4.78, 5) is 30.6. The maximum Gasteiger partial charge on any atom is 0.330 e. The van der Waals surface area contributed by atoms with Crippen LogP contribution in [0.15, 0.2) is 36.4 Å². The molecule has 1 aromatic heterocycles. The Bertz CT molecular complexity index is 1340. The van der Waals surface area contributed by atoms with Gasteiger partial charge < -0.3 is 15.2 Å². The van der Waals surface area contributed by atoms with Crippen molar-refractivity contribution >= 4 is 67.3 Å². The minimum absolute atomic E-state index is 0.183. The first-order valence-corrected chi connectivity index (χ1v) is 14.3. The third-order valence-electron chi connectivity index (χ3n) is 7.19. The Morgan fingerprint density at radius 3 is 2.55 bits per heavy atom. The van der Waals surface area contributed by atoms with Crippen LogP contribution in [-0.4, -0.2) is 51.9 Å². The standard InChI is InChI=1S/C27H28Cl2FN3O4S/c28-18-6-10-22-23(15-18)38-26(32-22)31-21-9-3-16(13-20(21)29)14-24(34)27(30,33-11-1-2-12-33)37-19-7-4-17(5-8-19)25(35)36/h3,6,9-10,13,15,17,19H,1-2,4-5,7-8,11-12,14H2,(H,31,32)(H,35,36)/t17-,19-,27?. The number of thiazole rings is 1. The first-order valence-electron chi connectivity index (χ1n) is 12.7. The second kappa shape index (κ2) is 11.4. The molecule has 0 spiro atoms. The molecule has 1 saturated carbocycles. The highest BCUT2D eigenvalue weighted by Gasteiger charge is 2.48. The van der Waals surface area contributed by atoms with Gasteiger partial charge in [-0.05, 0) is 74.4 Å². The largest absolute Gasteiger partial charge is 0.481 e. The maximum atomic E-state index is 16.4. The summed E-state index contributed by atoms with van der Waals surface area (Å²) in [5.41, 5.74) is 2.00. The van der Waals surface area contributed by atoms with Crippen LogP contribution in [0.5, 0.6) is 0 Å². The molecule has 1 aliphatic carbocycles. The zero-order valence-electron chi connectivity index (χ0n) is 20.6. The number of halogens is 3. The number of ketones is 1. The normalized spacial score (nSPS) is 21.9. The number of Topliss-reactive ketones (excluding diaryl/α,β-unsaturated/α-hetero) is 1. The zero-order valence-corrected chi connectivity index (χ0v) is 22.9. The molecule has 0 radical (unpaired) electrons. The van der Waals surface area contributed by atoms with Gasteiger partial charge in [0.2, 0.25) is 5.78 Å². The molecule has 2 N–H and O–H groups in total. The number of carbonyl (C=O) groups excluding carboxylic acids is 1. The Labute approximate surface area is 233 Å². The van der Waals surface area contributed by atoms with Crippen LogP contribution in [0.3, 0.4) is 0 Å². The number of rotatable bonds is 9. The summed E-state index contributed by atoms with van der Waals surface area (Å²) in [6.07, 6.45) is 2.54. The smallest absolute Gasteiger partial charge is 0.330 e. The third-order valence-corrected chi connectivity index (χ3v) is 8.67. The SMILES string of the molecule is O=C(Cc1ccc(Nc2nc3ccc(Cl)cc3s2)c(Cl)c1)C(F)(O[C@H]1CC[C@H](C(=O)O)CC1)N1CCCC1. The molecule has 3 aromatic rings. The molecule has 1 saturated heterocycles. The molecule has 0 bridgehead atoms. The summed E-state index contributed by atoms with van der Waals surface area (Å²) in [5.74, 6) is -4.52. The van der Waals surface area contributed by atoms with Gasteiger partial charge in [-0.25, -0.2) is 9.88 Å². The number of nitrogens with one attached hydrogen (secondary N) is 1. The molecule has 2 aliphatic rings. The fourth-order valence-corrected chi connectivity index (χ4v) is 6.51. The minimum atomic E-state index is -2.55. The fourth-order valence-electron chi connectivity index (χ4n) is 5.10. The average molecular weight is 581 g/mol. The first-order chi connectivity index (χ1) is 18.2. The molecular formula is C27H28Cl2FN3O4S. The molecule has 7 nitrogen and oxygen atoms in total. The molecule has 1 atom stereocenters. The molecule has 11 heteroatoms. The number of nitrogens with zero attached hydrogens (tertiary/aromatic N) is 2. The van der Waals surface area contributed by atoms with Gasteiger partial charge >= 0.3 is 11.9 Å². The van der Waals surface area contributed by atoms with E-state index in [-0.39, 0.29) is 6.42 Å². The van der Waals surface area contributed by atoms with Crippen molar-refractivity contribution in [2.45, 2.75) is 57.0 Å². The van der Waals surface area contributed by atoms with E-state index in [4.69, 9.17) is 27.9 Å². The molecule has 1 unspecified atom stereocenters. The van der Waals surface area contributed by atoms with E-state index in [1.165, 1.54) is 16.2 Å². The molecule has 5 rings (SSSR count). The molecule has 2 aromatic carbocycles. The van der Waals surface area contributed by atoms with Crippen molar-refractivity contribution in [2.75, 3.05) is 18.4 Å².